The van der Waals surface area contributed by atoms with Crippen LogP contribution in [0.3, 0.4) is 0 Å². The van der Waals surface area contributed by atoms with Crippen LogP contribution in [-0.2, 0) is 13.1 Å². The third kappa shape index (κ3) is 4.42. The minimum atomic E-state index is 0.246. The molecule has 2 heterocycles. The second-order valence-corrected chi connectivity index (χ2v) is 8.33. The van der Waals surface area contributed by atoms with Crippen molar-refractivity contribution in [2.45, 2.75) is 32.5 Å². The summed E-state index contributed by atoms with van der Waals surface area (Å²) in [6, 6.07) is 32.1. The van der Waals surface area contributed by atoms with Crippen LogP contribution in [0.2, 0.25) is 0 Å². The number of ether oxygens (including phenoxy) is 1. The second-order valence-electron chi connectivity index (χ2n) is 8.33. The minimum Gasteiger partial charge on any atom is -0.457 e. The molecule has 156 valence electrons. The van der Waals surface area contributed by atoms with Gasteiger partial charge in [0, 0.05) is 31.5 Å². The summed E-state index contributed by atoms with van der Waals surface area (Å²) in [5, 5.41) is 0. The third-order valence-electron chi connectivity index (χ3n) is 5.98. The lowest BCUT2D eigenvalue weighted by molar-refractivity contribution is 0.220. The first-order chi connectivity index (χ1) is 15.3. The van der Waals surface area contributed by atoms with Crippen molar-refractivity contribution in [2.24, 2.45) is 0 Å². The normalized spacial score (nSPS) is 16.5. The summed E-state index contributed by atoms with van der Waals surface area (Å²) in [4.78, 5) is 2.61. The number of aromatic nitrogens is 1. The maximum absolute atomic E-state index is 6.08. The van der Waals surface area contributed by atoms with Crippen molar-refractivity contribution in [3.63, 3.8) is 0 Å². The Morgan fingerprint density at radius 2 is 1.65 bits per heavy atom. The van der Waals surface area contributed by atoms with Crippen LogP contribution in [-0.4, -0.2) is 16.0 Å². The van der Waals surface area contributed by atoms with Crippen LogP contribution in [0.25, 0.3) is 0 Å². The zero-order chi connectivity index (χ0) is 21.0. The molecule has 0 spiro atoms. The van der Waals surface area contributed by atoms with Gasteiger partial charge in [-0.1, -0.05) is 60.2 Å². The Morgan fingerprint density at radius 1 is 0.806 bits per heavy atom. The molecule has 1 aromatic heterocycles. The number of para-hydroxylation sites is 1. The van der Waals surface area contributed by atoms with Crippen molar-refractivity contribution in [1.29, 1.82) is 0 Å². The van der Waals surface area contributed by atoms with Crippen LogP contribution < -0.4 is 4.74 Å². The van der Waals surface area contributed by atoms with E-state index in [1.54, 1.807) is 0 Å². The van der Waals surface area contributed by atoms with Gasteiger partial charge in [-0.3, -0.25) is 4.90 Å². The molecule has 0 amide bonds. The molecule has 0 bridgehead atoms. The number of fused-ring (bicyclic) bond motifs is 1. The summed E-state index contributed by atoms with van der Waals surface area (Å²) in [7, 11) is 0. The molecule has 0 fully saturated rings. The number of nitrogens with zero attached hydrogens (tertiary/aromatic N) is 2. The van der Waals surface area contributed by atoms with E-state index in [-0.39, 0.29) is 6.04 Å². The molecule has 1 aliphatic rings. The second kappa shape index (κ2) is 8.83. The Bertz CT molecular complexity index is 1150. The van der Waals surface area contributed by atoms with Crippen molar-refractivity contribution >= 4 is 0 Å². The topological polar surface area (TPSA) is 17.4 Å². The van der Waals surface area contributed by atoms with E-state index in [2.05, 4.69) is 77.2 Å². The maximum atomic E-state index is 6.08. The maximum Gasteiger partial charge on any atom is 0.127 e. The minimum absolute atomic E-state index is 0.246. The number of hydrogen-bond acceptors (Lipinski definition) is 2. The highest BCUT2D eigenvalue weighted by Crippen LogP contribution is 2.34. The summed E-state index contributed by atoms with van der Waals surface area (Å²) in [6.45, 7) is 5.19. The number of hydrogen-bond donors (Lipinski definition) is 0. The molecule has 31 heavy (non-hydrogen) atoms. The van der Waals surface area contributed by atoms with Gasteiger partial charge in [0.25, 0.3) is 0 Å². The molecule has 3 nitrogen and oxygen atoms in total. The first-order valence-electron chi connectivity index (χ1n) is 11.0. The Hall–Kier alpha value is -3.30. The van der Waals surface area contributed by atoms with E-state index in [0.29, 0.717) is 0 Å². The van der Waals surface area contributed by atoms with Crippen LogP contribution >= 0.6 is 0 Å². The van der Waals surface area contributed by atoms with Crippen molar-refractivity contribution in [3.05, 3.63) is 120 Å². The molecular formula is C28H28N2O. The molecule has 0 saturated heterocycles. The van der Waals surface area contributed by atoms with Crippen molar-refractivity contribution in [2.75, 3.05) is 6.54 Å². The van der Waals surface area contributed by atoms with Gasteiger partial charge in [0.2, 0.25) is 0 Å². The number of benzene rings is 3. The SMILES string of the molecule is Cc1cccc(C2c3cccn3CCCN2Cc2cccc(Oc3ccccc3)c2)c1. The highest BCUT2D eigenvalue weighted by Gasteiger charge is 2.27. The summed E-state index contributed by atoms with van der Waals surface area (Å²) in [5.74, 6) is 1.75. The average Bonchev–Trinajstić information content (AvgIpc) is 3.16. The zero-order valence-electron chi connectivity index (χ0n) is 17.9. The Morgan fingerprint density at radius 3 is 2.52 bits per heavy atom. The quantitative estimate of drug-likeness (QED) is 0.371. The van der Waals surface area contributed by atoms with Crippen LogP contribution in [0.4, 0.5) is 0 Å². The van der Waals surface area contributed by atoms with E-state index >= 15 is 0 Å². The van der Waals surface area contributed by atoms with Gasteiger partial charge in [0.05, 0.1) is 6.04 Å². The fourth-order valence-electron chi connectivity index (χ4n) is 4.60. The van der Waals surface area contributed by atoms with Gasteiger partial charge in [0.1, 0.15) is 11.5 Å². The molecule has 1 unspecified atom stereocenters. The van der Waals surface area contributed by atoms with Crippen molar-refractivity contribution in [3.8, 4) is 11.5 Å². The van der Waals surface area contributed by atoms with E-state index in [1.165, 1.54) is 22.4 Å². The molecule has 0 N–H and O–H groups in total. The summed E-state index contributed by atoms with van der Waals surface area (Å²) >= 11 is 0. The number of rotatable bonds is 5. The van der Waals surface area contributed by atoms with Gasteiger partial charge in [-0.2, -0.15) is 0 Å². The van der Waals surface area contributed by atoms with E-state index in [4.69, 9.17) is 4.74 Å². The van der Waals surface area contributed by atoms with Gasteiger partial charge in [-0.25, -0.2) is 0 Å². The molecule has 5 rings (SSSR count). The summed E-state index contributed by atoms with van der Waals surface area (Å²) in [5.41, 5.74) is 5.31. The van der Waals surface area contributed by atoms with Gasteiger partial charge in [-0.15, -0.1) is 0 Å². The Kier molecular flexibility index (Phi) is 5.59. The lowest BCUT2D eigenvalue weighted by atomic mass is 9.99. The third-order valence-corrected chi connectivity index (χ3v) is 5.98. The van der Waals surface area contributed by atoms with Gasteiger partial charge >= 0.3 is 0 Å². The van der Waals surface area contributed by atoms with E-state index in [9.17, 15) is 0 Å². The van der Waals surface area contributed by atoms with E-state index in [0.717, 1.165) is 37.6 Å². The van der Waals surface area contributed by atoms with Crippen LogP contribution in [0.15, 0.2) is 97.2 Å². The van der Waals surface area contributed by atoms with Gasteiger partial charge in [0.15, 0.2) is 0 Å². The monoisotopic (exact) mass is 408 g/mol. The number of aryl methyl sites for hydroxylation is 2. The Labute approximate surface area is 184 Å². The molecule has 0 radical (unpaired) electrons. The highest BCUT2D eigenvalue weighted by atomic mass is 16.5. The summed E-state index contributed by atoms with van der Waals surface area (Å²) < 4.78 is 8.50. The molecule has 0 saturated carbocycles. The fourth-order valence-corrected chi connectivity index (χ4v) is 4.60. The predicted octanol–water partition coefficient (Wildman–Crippen LogP) is 6.58. The van der Waals surface area contributed by atoms with Crippen LogP contribution in [0.1, 0.15) is 34.8 Å². The van der Waals surface area contributed by atoms with E-state index < -0.39 is 0 Å². The first-order valence-corrected chi connectivity index (χ1v) is 11.0. The van der Waals surface area contributed by atoms with Crippen LogP contribution in [0.5, 0.6) is 11.5 Å². The van der Waals surface area contributed by atoms with Crippen molar-refractivity contribution < 1.29 is 4.74 Å². The molecular weight excluding hydrogens is 380 g/mol. The highest BCUT2D eigenvalue weighted by molar-refractivity contribution is 5.36. The molecule has 1 atom stereocenters. The lowest BCUT2D eigenvalue weighted by Crippen LogP contribution is -2.29. The van der Waals surface area contributed by atoms with Gasteiger partial charge < -0.3 is 9.30 Å². The lowest BCUT2D eigenvalue weighted by Gasteiger charge is -2.31. The molecule has 3 heteroatoms. The molecule has 4 aromatic rings. The standard InChI is InChI=1S/C28H28N2O/c1-22-9-5-11-24(19-22)28-27-15-7-16-29(27)17-8-18-30(28)21-23-10-6-14-26(20-23)31-25-12-3-2-4-13-25/h2-7,9-16,19-20,28H,8,17-18,21H2,1H3. The van der Waals surface area contributed by atoms with Crippen molar-refractivity contribution in [1.82, 2.24) is 9.47 Å². The molecule has 1 aliphatic heterocycles. The first kappa shape index (κ1) is 19.7. The fraction of sp³-hybridized carbons (Fsp3) is 0.214. The summed E-state index contributed by atoms with van der Waals surface area (Å²) in [6.07, 6.45) is 3.36. The largest absolute Gasteiger partial charge is 0.457 e. The molecule has 0 aliphatic carbocycles. The van der Waals surface area contributed by atoms with Gasteiger partial charge in [-0.05, 0) is 60.9 Å². The zero-order valence-corrected chi connectivity index (χ0v) is 17.9. The van der Waals surface area contributed by atoms with Crippen LogP contribution in [0, 0.1) is 6.92 Å². The smallest absolute Gasteiger partial charge is 0.127 e. The Balaban J connectivity index is 1.45. The predicted molar refractivity (Wildman–Crippen MR) is 125 cm³/mol. The van der Waals surface area contributed by atoms with E-state index in [1.807, 2.05) is 36.4 Å². The average molecular weight is 409 g/mol. The molecule has 3 aromatic carbocycles.